The molecule has 5 heteroatoms. The molecular weight excluding hydrogens is 290 g/mol. The van der Waals surface area contributed by atoms with Crippen molar-refractivity contribution in [2.24, 2.45) is 0 Å². The van der Waals surface area contributed by atoms with Gasteiger partial charge in [-0.15, -0.1) is 0 Å². The summed E-state index contributed by atoms with van der Waals surface area (Å²) in [5, 5.41) is 0. The van der Waals surface area contributed by atoms with Gasteiger partial charge >= 0.3 is 6.09 Å². The molecule has 3 rings (SSSR count). The monoisotopic (exact) mass is 315 g/mol. The third-order valence-corrected chi connectivity index (χ3v) is 4.26. The Kier molecular flexibility index (Phi) is 4.04. The normalized spacial score (nSPS) is 16.8. The topological polar surface area (TPSA) is 46.8 Å². The lowest BCUT2D eigenvalue weighted by Crippen LogP contribution is -2.41. The number of amides is 1. The fourth-order valence-electron chi connectivity index (χ4n) is 3.14. The second kappa shape index (κ2) is 5.87. The van der Waals surface area contributed by atoms with Crippen LogP contribution in [0.25, 0.3) is 5.52 Å². The van der Waals surface area contributed by atoms with Crippen LogP contribution in [0.5, 0.6) is 0 Å². The summed E-state index contributed by atoms with van der Waals surface area (Å²) >= 11 is 0. The van der Waals surface area contributed by atoms with Crippen LogP contribution in [-0.4, -0.2) is 39.1 Å². The lowest BCUT2D eigenvalue weighted by molar-refractivity contribution is 0.0204. The number of fused-ring (bicyclic) bond motifs is 1. The molecule has 3 heterocycles. The van der Waals surface area contributed by atoms with Crippen molar-refractivity contribution in [3.05, 3.63) is 35.9 Å². The lowest BCUT2D eigenvalue weighted by atomic mass is 9.94. The van der Waals surface area contributed by atoms with Crippen molar-refractivity contribution in [1.29, 1.82) is 0 Å². The van der Waals surface area contributed by atoms with E-state index in [-0.39, 0.29) is 6.09 Å². The van der Waals surface area contributed by atoms with Crippen LogP contribution in [0.2, 0.25) is 0 Å². The molecule has 23 heavy (non-hydrogen) atoms. The molecule has 2 aromatic heterocycles. The van der Waals surface area contributed by atoms with Gasteiger partial charge in [-0.05, 0) is 52.7 Å². The zero-order valence-corrected chi connectivity index (χ0v) is 14.4. The number of ether oxygens (including phenoxy) is 1. The van der Waals surface area contributed by atoms with E-state index in [4.69, 9.17) is 4.74 Å². The minimum atomic E-state index is -0.434. The first-order valence-electron chi connectivity index (χ1n) is 8.25. The highest BCUT2D eigenvalue weighted by Gasteiger charge is 2.28. The maximum Gasteiger partial charge on any atom is 0.410 e. The average Bonchev–Trinajstić information content (AvgIpc) is 2.88. The Morgan fingerprint density at radius 3 is 2.61 bits per heavy atom. The van der Waals surface area contributed by atoms with Gasteiger partial charge in [-0.3, -0.25) is 4.98 Å². The molecule has 0 unspecified atom stereocenters. The average molecular weight is 315 g/mol. The third kappa shape index (κ3) is 3.49. The molecule has 0 aliphatic carbocycles. The largest absolute Gasteiger partial charge is 0.444 e. The fourth-order valence-corrected chi connectivity index (χ4v) is 3.14. The molecular formula is C18H25N3O2. The number of nitrogens with zero attached hydrogens (tertiary/aromatic N) is 3. The number of aryl methyl sites for hydroxylation is 1. The molecule has 1 aliphatic heterocycles. The van der Waals surface area contributed by atoms with Crippen LogP contribution < -0.4 is 0 Å². The summed E-state index contributed by atoms with van der Waals surface area (Å²) in [7, 11) is 0. The number of hydrogen-bond acceptors (Lipinski definition) is 3. The standard InChI is InChI=1S/C18H25N3O2/c1-13-12-21-15(11-19-13)5-6-16(21)14-7-9-20(10-8-14)17(22)23-18(2,3)4/h5-6,11-12,14H,7-10H2,1-4H3. The Balaban J connectivity index is 1.69. The van der Waals surface area contributed by atoms with Crippen LogP contribution in [0.3, 0.4) is 0 Å². The van der Waals surface area contributed by atoms with Gasteiger partial charge in [-0.1, -0.05) is 0 Å². The minimum absolute atomic E-state index is 0.198. The first kappa shape index (κ1) is 15.8. The highest BCUT2D eigenvalue weighted by Crippen LogP contribution is 2.30. The molecule has 1 aliphatic rings. The van der Waals surface area contributed by atoms with E-state index in [0.29, 0.717) is 5.92 Å². The van der Waals surface area contributed by atoms with Gasteiger partial charge in [0.05, 0.1) is 17.4 Å². The fraction of sp³-hybridized carbons (Fsp3) is 0.556. The zero-order chi connectivity index (χ0) is 16.6. The van der Waals surface area contributed by atoms with Gasteiger partial charge in [-0.25, -0.2) is 4.79 Å². The van der Waals surface area contributed by atoms with Crippen LogP contribution >= 0.6 is 0 Å². The zero-order valence-electron chi connectivity index (χ0n) is 14.4. The second-order valence-electron chi connectivity index (χ2n) is 7.32. The summed E-state index contributed by atoms with van der Waals surface area (Å²) in [5.74, 6) is 0.470. The van der Waals surface area contributed by atoms with Gasteiger partial charge in [0, 0.05) is 30.9 Å². The van der Waals surface area contributed by atoms with E-state index in [9.17, 15) is 4.79 Å². The number of likely N-dealkylation sites (tertiary alicyclic amines) is 1. The maximum absolute atomic E-state index is 12.2. The van der Waals surface area contributed by atoms with E-state index in [1.54, 1.807) is 0 Å². The Morgan fingerprint density at radius 1 is 1.26 bits per heavy atom. The molecule has 5 nitrogen and oxygen atoms in total. The Morgan fingerprint density at radius 2 is 1.96 bits per heavy atom. The van der Waals surface area contributed by atoms with Gasteiger partial charge in [0.15, 0.2) is 0 Å². The van der Waals surface area contributed by atoms with E-state index in [1.807, 2.05) is 38.8 Å². The van der Waals surface area contributed by atoms with Crippen molar-refractivity contribution >= 4 is 11.6 Å². The summed E-state index contributed by atoms with van der Waals surface area (Å²) in [4.78, 5) is 18.3. The molecule has 0 radical (unpaired) electrons. The van der Waals surface area contributed by atoms with Crippen LogP contribution in [0.4, 0.5) is 4.79 Å². The lowest BCUT2D eigenvalue weighted by Gasteiger charge is -2.33. The van der Waals surface area contributed by atoms with E-state index in [2.05, 4.69) is 27.7 Å². The van der Waals surface area contributed by atoms with Gasteiger partial charge in [0.2, 0.25) is 0 Å². The summed E-state index contributed by atoms with van der Waals surface area (Å²) in [6.45, 7) is 9.21. The molecule has 0 N–H and O–H groups in total. The molecule has 0 spiro atoms. The second-order valence-corrected chi connectivity index (χ2v) is 7.32. The number of rotatable bonds is 1. The van der Waals surface area contributed by atoms with Crippen molar-refractivity contribution < 1.29 is 9.53 Å². The van der Waals surface area contributed by atoms with Crippen molar-refractivity contribution in [2.45, 2.75) is 52.1 Å². The van der Waals surface area contributed by atoms with Gasteiger partial charge in [0.1, 0.15) is 5.60 Å². The van der Waals surface area contributed by atoms with Crippen LogP contribution in [0.1, 0.15) is 50.9 Å². The van der Waals surface area contributed by atoms with E-state index in [1.165, 1.54) is 5.69 Å². The van der Waals surface area contributed by atoms with Crippen molar-refractivity contribution in [3.8, 4) is 0 Å². The molecule has 2 aromatic rings. The number of hydrogen-bond donors (Lipinski definition) is 0. The highest BCUT2D eigenvalue weighted by molar-refractivity contribution is 5.68. The van der Waals surface area contributed by atoms with Crippen LogP contribution in [0.15, 0.2) is 24.5 Å². The Labute approximate surface area is 137 Å². The third-order valence-electron chi connectivity index (χ3n) is 4.26. The quantitative estimate of drug-likeness (QED) is 0.805. The van der Waals surface area contributed by atoms with Gasteiger partial charge in [0.25, 0.3) is 0 Å². The number of carbonyl (C=O) groups excluding carboxylic acids is 1. The summed E-state index contributed by atoms with van der Waals surface area (Å²) in [5.41, 5.74) is 3.02. The Bertz CT molecular complexity index is 707. The van der Waals surface area contributed by atoms with Crippen molar-refractivity contribution in [2.75, 3.05) is 13.1 Å². The van der Waals surface area contributed by atoms with Crippen LogP contribution in [0, 0.1) is 6.92 Å². The molecule has 0 saturated carbocycles. The summed E-state index contributed by atoms with van der Waals surface area (Å²) in [6.07, 6.45) is 5.73. The van der Waals surface area contributed by atoms with Crippen molar-refractivity contribution in [1.82, 2.24) is 14.3 Å². The smallest absolute Gasteiger partial charge is 0.410 e. The van der Waals surface area contributed by atoms with Gasteiger partial charge < -0.3 is 14.0 Å². The number of aromatic nitrogens is 2. The highest BCUT2D eigenvalue weighted by atomic mass is 16.6. The molecule has 0 atom stereocenters. The van der Waals surface area contributed by atoms with E-state index in [0.717, 1.165) is 37.1 Å². The summed E-state index contributed by atoms with van der Waals surface area (Å²) < 4.78 is 7.69. The summed E-state index contributed by atoms with van der Waals surface area (Å²) in [6, 6.07) is 4.30. The first-order valence-corrected chi connectivity index (χ1v) is 8.25. The molecule has 0 aromatic carbocycles. The molecule has 0 bridgehead atoms. The van der Waals surface area contributed by atoms with Crippen molar-refractivity contribution in [3.63, 3.8) is 0 Å². The molecule has 1 amide bonds. The molecule has 124 valence electrons. The predicted octanol–water partition coefficient (Wildman–Crippen LogP) is 3.76. The molecule has 1 saturated heterocycles. The Hall–Kier alpha value is -2.04. The van der Waals surface area contributed by atoms with Crippen LogP contribution in [-0.2, 0) is 4.74 Å². The SMILES string of the molecule is Cc1cn2c(C3CCN(C(=O)OC(C)(C)C)CC3)ccc2cn1. The molecule has 1 fully saturated rings. The maximum atomic E-state index is 12.2. The van der Waals surface area contributed by atoms with Gasteiger partial charge in [-0.2, -0.15) is 0 Å². The first-order chi connectivity index (χ1) is 10.8. The number of carbonyl (C=O) groups is 1. The predicted molar refractivity (Wildman–Crippen MR) is 89.7 cm³/mol. The van der Waals surface area contributed by atoms with E-state index < -0.39 is 5.60 Å². The van der Waals surface area contributed by atoms with E-state index >= 15 is 0 Å². The minimum Gasteiger partial charge on any atom is -0.444 e. The number of piperidine rings is 1.